The number of rotatable bonds is 6. The molecule has 0 saturated carbocycles. The van der Waals surface area contributed by atoms with Gasteiger partial charge in [0.05, 0.1) is 18.6 Å². The number of ketones is 1. The summed E-state index contributed by atoms with van der Waals surface area (Å²) in [7, 11) is 1.67. The van der Waals surface area contributed by atoms with Crippen molar-refractivity contribution in [1.82, 2.24) is 9.55 Å². The van der Waals surface area contributed by atoms with Gasteiger partial charge in [0, 0.05) is 31.4 Å². The molecule has 1 aliphatic carbocycles. The van der Waals surface area contributed by atoms with E-state index in [1.165, 1.54) is 4.90 Å². The zero-order valence-electron chi connectivity index (χ0n) is 20.2. The Hall–Kier alpha value is -3.61. The van der Waals surface area contributed by atoms with Crippen molar-refractivity contribution in [3.63, 3.8) is 0 Å². The fourth-order valence-corrected chi connectivity index (χ4v) is 4.19. The smallest absolute Gasteiger partial charge is 0.414 e. The molecule has 0 spiro atoms. The van der Waals surface area contributed by atoms with Gasteiger partial charge in [0.25, 0.3) is 0 Å². The van der Waals surface area contributed by atoms with E-state index in [1.807, 2.05) is 67.9 Å². The number of nitrogens with zero attached hydrogens (tertiary/aromatic N) is 3. The summed E-state index contributed by atoms with van der Waals surface area (Å²) < 4.78 is 14.2. The number of aromatic nitrogens is 2. The van der Waals surface area contributed by atoms with Crippen molar-refractivity contribution in [2.75, 3.05) is 11.9 Å². The standard InChI is InChI=1S/C27H31N3O4/c1-27(2,3)34-26(32)29(4)25-21-11-8-12-22(31)20(21)13-14-23(25)33-24(17-30-16-15-28-18-30)19-9-6-5-7-10-19/h5-7,9-10,13-16,18,24H,8,11-12,17H2,1-4H3/t24-/m1/s1. The Bertz CT molecular complexity index is 1150. The van der Waals surface area contributed by atoms with Gasteiger partial charge in [-0.1, -0.05) is 30.3 Å². The summed E-state index contributed by atoms with van der Waals surface area (Å²) in [6.45, 7) is 6.03. The number of ether oxygens (including phenoxy) is 2. The van der Waals surface area contributed by atoms with Gasteiger partial charge in [0.2, 0.25) is 0 Å². The molecule has 34 heavy (non-hydrogen) atoms. The van der Waals surface area contributed by atoms with Crippen LogP contribution in [0.15, 0.2) is 61.2 Å². The Morgan fingerprint density at radius 1 is 1.15 bits per heavy atom. The fourth-order valence-electron chi connectivity index (χ4n) is 4.19. The lowest BCUT2D eigenvalue weighted by Crippen LogP contribution is -2.35. The number of benzene rings is 2. The van der Waals surface area contributed by atoms with Crippen molar-refractivity contribution in [2.24, 2.45) is 0 Å². The lowest BCUT2D eigenvalue weighted by molar-refractivity contribution is 0.0586. The van der Waals surface area contributed by atoms with Crippen LogP contribution in [0.5, 0.6) is 5.75 Å². The van der Waals surface area contributed by atoms with E-state index in [-0.39, 0.29) is 11.9 Å². The molecular weight excluding hydrogens is 430 g/mol. The SMILES string of the molecule is CN(C(=O)OC(C)(C)C)c1c(O[C@H](Cn2ccnc2)c2ccccc2)ccc2c1CCCC2=O. The van der Waals surface area contributed by atoms with E-state index in [4.69, 9.17) is 9.47 Å². The van der Waals surface area contributed by atoms with Gasteiger partial charge in [0.1, 0.15) is 17.5 Å². The number of carbonyl (C=O) groups excluding carboxylic acids is 2. The monoisotopic (exact) mass is 461 g/mol. The van der Waals surface area contributed by atoms with E-state index < -0.39 is 11.7 Å². The maximum Gasteiger partial charge on any atom is 0.414 e. The molecule has 0 aliphatic heterocycles. The first-order chi connectivity index (χ1) is 16.2. The average Bonchev–Trinajstić information content (AvgIpc) is 3.31. The van der Waals surface area contributed by atoms with Crippen LogP contribution in [0.3, 0.4) is 0 Å². The molecule has 2 aromatic carbocycles. The van der Waals surface area contributed by atoms with Gasteiger partial charge in [-0.05, 0) is 56.9 Å². The van der Waals surface area contributed by atoms with E-state index in [1.54, 1.807) is 25.6 Å². The molecule has 0 fully saturated rings. The number of carbonyl (C=O) groups is 2. The Morgan fingerprint density at radius 3 is 2.59 bits per heavy atom. The summed E-state index contributed by atoms with van der Waals surface area (Å²) in [5.74, 6) is 0.625. The zero-order valence-corrected chi connectivity index (χ0v) is 20.2. The lowest BCUT2D eigenvalue weighted by Gasteiger charge is -2.31. The first kappa shape index (κ1) is 23.5. The predicted molar refractivity (Wildman–Crippen MR) is 130 cm³/mol. The molecule has 0 unspecified atom stereocenters. The van der Waals surface area contributed by atoms with Gasteiger partial charge in [-0.3, -0.25) is 9.69 Å². The largest absolute Gasteiger partial charge is 0.482 e. The van der Waals surface area contributed by atoms with Crippen LogP contribution in [0, 0.1) is 0 Å². The van der Waals surface area contributed by atoms with Gasteiger partial charge in [-0.15, -0.1) is 0 Å². The first-order valence-corrected chi connectivity index (χ1v) is 11.6. The molecule has 0 saturated heterocycles. The van der Waals surface area contributed by atoms with Crippen LogP contribution >= 0.6 is 0 Å². The highest BCUT2D eigenvalue weighted by molar-refractivity contribution is 6.02. The predicted octanol–water partition coefficient (Wildman–Crippen LogP) is 5.59. The van der Waals surface area contributed by atoms with Crippen LogP contribution in [-0.2, 0) is 17.7 Å². The number of imidazole rings is 1. The van der Waals surface area contributed by atoms with E-state index >= 15 is 0 Å². The lowest BCUT2D eigenvalue weighted by atomic mass is 9.88. The molecule has 1 aliphatic rings. The average molecular weight is 462 g/mol. The Labute approximate surface area is 200 Å². The molecule has 1 aromatic heterocycles. The van der Waals surface area contributed by atoms with Gasteiger partial charge in [0.15, 0.2) is 5.78 Å². The number of hydrogen-bond donors (Lipinski definition) is 0. The zero-order chi connectivity index (χ0) is 24.3. The quantitative estimate of drug-likeness (QED) is 0.478. The van der Waals surface area contributed by atoms with E-state index in [2.05, 4.69) is 4.98 Å². The highest BCUT2D eigenvalue weighted by Gasteiger charge is 2.30. The number of Topliss-reactive ketones (excluding diaryl/α,β-unsaturated/α-hetero) is 1. The van der Waals surface area contributed by atoms with Crippen LogP contribution in [0.1, 0.15) is 61.2 Å². The maximum absolute atomic E-state index is 13.0. The van der Waals surface area contributed by atoms with Crippen molar-refractivity contribution in [2.45, 2.75) is 58.3 Å². The maximum atomic E-state index is 13.0. The molecule has 1 amide bonds. The highest BCUT2D eigenvalue weighted by atomic mass is 16.6. The van der Waals surface area contributed by atoms with Crippen LogP contribution in [-0.4, -0.2) is 34.1 Å². The molecule has 1 atom stereocenters. The second-order valence-electron chi connectivity index (χ2n) is 9.53. The summed E-state index contributed by atoms with van der Waals surface area (Å²) in [6.07, 6.45) is 6.48. The normalized spacial score (nSPS) is 14.3. The minimum Gasteiger partial charge on any atom is -0.482 e. The van der Waals surface area contributed by atoms with Gasteiger partial charge < -0.3 is 14.0 Å². The number of anilines is 1. The fraction of sp³-hybridized carbons (Fsp3) is 0.370. The molecule has 0 N–H and O–H groups in total. The second kappa shape index (κ2) is 9.71. The van der Waals surface area contributed by atoms with Crippen LogP contribution in [0.25, 0.3) is 0 Å². The first-order valence-electron chi connectivity index (χ1n) is 11.6. The minimum atomic E-state index is -0.648. The number of amides is 1. The highest BCUT2D eigenvalue weighted by Crippen LogP contribution is 2.40. The third-order valence-electron chi connectivity index (χ3n) is 5.76. The molecule has 0 radical (unpaired) electrons. The molecule has 7 nitrogen and oxygen atoms in total. The van der Waals surface area contributed by atoms with Gasteiger partial charge >= 0.3 is 6.09 Å². The minimum absolute atomic E-state index is 0.0877. The molecule has 4 rings (SSSR count). The molecule has 178 valence electrons. The van der Waals surface area contributed by atoms with Gasteiger partial charge in [-0.2, -0.15) is 0 Å². The summed E-state index contributed by atoms with van der Waals surface area (Å²) in [5, 5.41) is 0. The molecule has 3 aromatic rings. The Balaban J connectivity index is 1.76. The third kappa shape index (κ3) is 5.30. The van der Waals surface area contributed by atoms with Crippen molar-refractivity contribution in [3.05, 3.63) is 77.9 Å². The van der Waals surface area contributed by atoms with Crippen molar-refractivity contribution >= 4 is 17.6 Å². The summed E-state index contributed by atoms with van der Waals surface area (Å²) >= 11 is 0. The summed E-state index contributed by atoms with van der Waals surface area (Å²) in [4.78, 5) is 31.3. The van der Waals surface area contributed by atoms with E-state index in [9.17, 15) is 9.59 Å². The molecule has 7 heteroatoms. The van der Waals surface area contributed by atoms with Gasteiger partial charge in [-0.25, -0.2) is 9.78 Å². The Kier molecular flexibility index (Phi) is 6.72. The Morgan fingerprint density at radius 2 is 1.91 bits per heavy atom. The van der Waals surface area contributed by atoms with Crippen LogP contribution < -0.4 is 9.64 Å². The second-order valence-corrected chi connectivity index (χ2v) is 9.53. The van der Waals surface area contributed by atoms with Crippen LogP contribution in [0.2, 0.25) is 0 Å². The van der Waals surface area contributed by atoms with Crippen molar-refractivity contribution in [3.8, 4) is 5.75 Å². The number of hydrogen-bond acceptors (Lipinski definition) is 5. The summed E-state index contributed by atoms with van der Waals surface area (Å²) in [5.41, 5.74) is 2.42. The van der Waals surface area contributed by atoms with Crippen LogP contribution in [0.4, 0.5) is 10.5 Å². The molecule has 0 bridgehead atoms. The topological polar surface area (TPSA) is 73.7 Å². The summed E-state index contributed by atoms with van der Waals surface area (Å²) in [6, 6.07) is 13.5. The molecular formula is C27H31N3O4. The van der Waals surface area contributed by atoms with E-state index in [0.717, 1.165) is 17.5 Å². The third-order valence-corrected chi connectivity index (χ3v) is 5.76. The van der Waals surface area contributed by atoms with Crippen molar-refractivity contribution < 1.29 is 19.1 Å². The van der Waals surface area contributed by atoms with E-state index in [0.29, 0.717) is 36.4 Å². The number of fused-ring (bicyclic) bond motifs is 1. The molecule has 1 heterocycles. The van der Waals surface area contributed by atoms with Crippen molar-refractivity contribution in [1.29, 1.82) is 0 Å².